The second-order valence-corrected chi connectivity index (χ2v) is 7.40. The van der Waals surface area contributed by atoms with Gasteiger partial charge in [0.1, 0.15) is 5.69 Å². The summed E-state index contributed by atoms with van der Waals surface area (Å²) >= 11 is 3.02. The average molecular weight is 295 g/mol. The van der Waals surface area contributed by atoms with Crippen molar-refractivity contribution >= 4 is 34.2 Å². The number of aromatic nitrogens is 2. The van der Waals surface area contributed by atoms with Gasteiger partial charge in [0.15, 0.2) is 4.96 Å². The number of hydrogen-bond acceptors (Lipinski definition) is 4. The van der Waals surface area contributed by atoms with Crippen LogP contribution >= 0.6 is 23.3 Å². The molecule has 0 bridgehead atoms. The van der Waals surface area contributed by atoms with E-state index >= 15 is 0 Å². The summed E-state index contributed by atoms with van der Waals surface area (Å²) in [5.74, 6) is -0.118. The van der Waals surface area contributed by atoms with Crippen molar-refractivity contribution in [1.82, 2.24) is 14.1 Å². The van der Waals surface area contributed by atoms with E-state index in [-0.39, 0.29) is 5.91 Å². The summed E-state index contributed by atoms with van der Waals surface area (Å²) in [6, 6.07) is 0. The number of nitrogens with zero attached hydrogens (tertiary/aromatic N) is 2. The monoisotopic (exact) mass is 295 g/mol. The zero-order chi connectivity index (χ0) is 13.6. The highest BCUT2D eigenvalue weighted by molar-refractivity contribution is 7.97. The predicted molar refractivity (Wildman–Crippen MR) is 79.9 cm³/mol. The Morgan fingerprint density at radius 1 is 1.58 bits per heavy atom. The highest BCUT2D eigenvalue weighted by Gasteiger charge is 2.29. The van der Waals surface area contributed by atoms with Crippen molar-refractivity contribution in [2.45, 2.75) is 33.1 Å². The summed E-state index contributed by atoms with van der Waals surface area (Å²) in [4.78, 5) is 18.6. The molecule has 0 atom stereocenters. The number of amides is 1. The van der Waals surface area contributed by atoms with Gasteiger partial charge in [-0.2, -0.15) is 0 Å². The molecule has 102 valence electrons. The molecule has 1 N–H and O–H groups in total. The van der Waals surface area contributed by atoms with Crippen LogP contribution in [0.2, 0.25) is 0 Å². The van der Waals surface area contributed by atoms with Crippen LogP contribution in [0.1, 0.15) is 41.3 Å². The molecule has 0 fully saturated rings. The van der Waals surface area contributed by atoms with E-state index in [2.05, 4.69) is 28.0 Å². The Balaban J connectivity index is 2.02. The fourth-order valence-electron chi connectivity index (χ4n) is 2.56. The van der Waals surface area contributed by atoms with E-state index in [0.717, 1.165) is 17.8 Å². The number of imidazole rings is 1. The molecule has 2 aromatic heterocycles. The van der Waals surface area contributed by atoms with Crippen molar-refractivity contribution < 1.29 is 4.79 Å². The number of hydrogen-bond donors (Lipinski definition) is 1. The molecule has 0 radical (unpaired) electrons. The first-order chi connectivity index (χ1) is 9.00. The number of rotatable bonds is 2. The molecule has 0 aliphatic heterocycles. The second kappa shape index (κ2) is 4.52. The lowest BCUT2D eigenvalue weighted by atomic mass is 9.79. The Bertz CT molecular complexity index is 642. The Labute approximate surface area is 120 Å². The molecule has 2 heterocycles. The van der Waals surface area contributed by atoms with Gasteiger partial charge in [-0.3, -0.25) is 13.9 Å². The van der Waals surface area contributed by atoms with Crippen LogP contribution in [-0.4, -0.2) is 21.5 Å². The van der Waals surface area contributed by atoms with Gasteiger partial charge < -0.3 is 0 Å². The minimum atomic E-state index is -0.118. The molecule has 0 saturated carbocycles. The highest BCUT2D eigenvalue weighted by Crippen LogP contribution is 2.38. The van der Waals surface area contributed by atoms with Crippen LogP contribution in [0.5, 0.6) is 0 Å². The van der Waals surface area contributed by atoms with Crippen LogP contribution in [0.25, 0.3) is 4.96 Å². The first-order valence-electron chi connectivity index (χ1n) is 6.33. The third-order valence-electron chi connectivity index (χ3n) is 3.60. The van der Waals surface area contributed by atoms with Gasteiger partial charge in [-0.1, -0.05) is 25.8 Å². The molecule has 6 heteroatoms. The van der Waals surface area contributed by atoms with Crippen LogP contribution in [0.15, 0.2) is 6.20 Å². The van der Waals surface area contributed by atoms with Gasteiger partial charge in [0.2, 0.25) is 0 Å². The van der Waals surface area contributed by atoms with Crippen LogP contribution < -0.4 is 4.72 Å². The van der Waals surface area contributed by atoms with E-state index in [0.29, 0.717) is 11.1 Å². The normalized spacial score (nSPS) is 17.4. The van der Waals surface area contributed by atoms with Gasteiger partial charge in [0.25, 0.3) is 5.91 Å². The molecule has 19 heavy (non-hydrogen) atoms. The SMILES string of the molecule is CSNC(=O)c1cn2c3c(sc2n1)CCC(C)(C)C3. The van der Waals surface area contributed by atoms with E-state index in [1.165, 1.54) is 28.9 Å². The van der Waals surface area contributed by atoms with Gasteiger partial charge in [0, 0.05) is 23.0 Å². The van der Waals surface area contributed by atoms with Crippen molar-refractivity contribution in [3.8, 4) is 0 Å². The lowest BCUT2D eigenvalue weighted by Gasteiger charge is -2.29. The van der Waals surface area contributed by atoms with Crippen molar-refractivity contribution in [2.24, 2.45) is 5.41 Å². The maximum atomic E-state index is 11.8. The van der Waals surface area contributed by atoms with Crippen molar-refractivity contribution in [3.63, 3.8) is 0 Å². The molecule has 0 saturated heterocycles. The van der Waals surface area contributed by atoms with Crippen molar-refractivity contribution in [3.05, 3.63) is 22.5 Å². The minimum Gasteiger partial charge on any atom is -0.295 e. The van der Waals surface area contributed by atoms with E-state index in [1.807, 2.05) is 12.5 Å². The quantitative estimate of drug-likeness (QED) is 0.867. The molecule has 0 unspecified atom stereocenters. The first-order valence-corrected chi connectivity index (χ1v) is 8.37. The van der Waals surface area contributed by atoms with E-state index in [9.17, 15) is 4.79 Å². The maximum absolute atomic E-state index is 11.8. The van der Waals surface area contributed by atoms with Gasteiger partial charge >= 0.3 is 0 Å². The van der Waals surface area contributed by atoms with Crippen molar-refractivity contribution in [1.29, 1.82) is 0 Å². The van der Waals surface area contributed by atoms with Crippen LogP contribution in [0.3, 0.4) is 0 Å². The molecular formula is C13H17N3OS2. The lowest BCUT2D eigenvalue weighted by molar-refractivity contribution is 0.0980. The summed E-state index contributed by atoms with van der Waals surface area (Å²) in [6.07, 6.45) is 7.12. The van der Waals surface area contributed by atoms with Gasteiger partial charge in [0.05, 0.1) is 0 Å². The Kier molecular flexibility index (Phi) is 3.09. The third-order valence-corrected chi connectivity index (χ3v) is 5.15. The number of carbonyl (C=O) groups excluding carboxylic acids is 1. The second-order valence-electron chi connectivity index (χ2n) is 5.73. The van der Waals surface area contributed by atoms with Crippen LogP contribution in [0, 0.1) is 5.41 Å². The average Bonchev–Trinajstić information content (AvgIpc) is 2.87. The fourth-order valence-corrected chi connectivity index (χ4v) is 3.97. The first kappa shape index (κ1) is 13.0. The number of fused-ring (bicyclic) bond motifs is 3. The summed E-state index contributed by atoms with van der Waals surface area (Å²) in [6.45, 7) is 4.61. The summed E-state index contributed by atoms with van der Waals surface area (Å²) in [5, 5.41) is 0. The third kappa shape index (κ3) is 2.27. The largest absolute Gasteiger partial charge is 0.295 e. The highest BCUT2D eigenvalue weighted by atomic mass is 32.2. The summed E-state index contributed by atoms with van der Waals surface area (Å²) < 4.78 is 4.82. The molecule has 1 aliphatic carbocycles. The zero-order valence-corrected chi connectivity index (χ0v) is 13.0. The Morgan fingerprint density at radius 3 is 3.11 bits per heavy atom. The molecule has 3 rings (SSSR count). The topological polar surface area (TPSA) is 46.4 Å². The molecule has 4 nitrogen and oxygen atoms in total. The lowest BCUT2D eigenvalue weighted by Crippen LogP contribution is -2.22. The smallest absolute Gasteiger partial charge is 0.281 e. The van der Waals surface area contributed by atoms with Crippen LogP contribution in [-0.2, 0) is 12.8 Å². The maximum Gasteiger partial charge on any atom is 0.281 e. The molecule has 0 aromatic carbocycles. The summed E-state index contributed by atoms with van der Waals surface area (Å²) in [5.41, 5.74) is 2.19. The minimum absolute atomic E-state index is 0.118. The van der Waals surface area contributed by atoms with Gasteiger partial charge in [-0.25, -0.2) is 4.98 Å². The molecule has 2 aromatic rings. The zero-order valence-electron chi connectivity index (χ0n) is 11.3. The molecule has 0 spiro atoms. The number of nitrogens with one attached hydrogen (secondary N) is 1. The fraction of sp³-hybridized carbons (Fsp3) is 0.538. The Hall–Kier alpha value is -1.01. The number of thiazole rings is 1. The number of aryl methyl sites for hydroxylation is 1. The van der Waals surface area contributed by atoms with Gasteiger partial charge in [-0.05, 0) is 24.7 Å². The summed E-state index contributed by atoms with van der Waals surface area (Å²) in [7, 11) is 0. The van der Waals surface area contributed by atoms with E-state index in [4.69, 9.17) is 0 Å². The molecular weight excluding hydrogens is 278 g/mol. The van der Waals surface area contributed by atoms with E-state index in [1.54, 1.807) is 11.3 Å². The van der Waals surface area contributed by atoms with E-state index < -0.39 is 0 Å². The van der Waals surface area contributed by atoms with Gasteiger partial charge in [-0.15, -0.1) is 11.3 Å². The Morgan fingerprint density at radius 2 is 2.37 bits per heavy atom. The number of carbonyl (C=O) groups is 1. The van der Waals surface area contributed by atoms with Crippen molar-refractivity contribution in [2.75, 3.05) is 6.26 Å². The van der Waals surface area contributed by atoms with Crippen LogP contribution in [0.4, 0.5) is 0 Å². The molecule has 1 aliphatic rings. The predicted octanol–water partition coefficient (Wildman–Crippen LogP) is 2.92. The molecule has 1 amide bonds. The standard InChI is InChI=1S/C13H17N3OS2/c1-13(2)5-4-10-9(6-13)16-7-8(11(17)15-18-3)14-12(16)19-10/h7H,4-6H2,1-3H3,(H,15,17).